The summed E-state index contributed by atoms with van der Waals surface area (Å²) in [6.07, 6.45) is 1.75. The van der Waals surface area contributed by atoms with Gasteiger partial charge in [-0.15, -0.1) is 0 Å². The Bertz CT molecular complexity index is 391. The van der Waals surface area contributed by atoms with Crippen LogP contribution < -0.4 is 10.1 Å². The smallest absolute Gasteiger partial charge is 0.213 e. The van der Waals surface area contributed by atoms with Crippen molar-refractivity contribution in [1.29, 1.82) is 0 Å². The lowest BCUT2D eigenvalue weighted by Crippen LogP contribution is -2.35. The van der Waals surface area contributed by atoms with Gasteiger partial charge in [0.1, 0.15) is 0 Å². The highest BCUT2D eigenvalue weighted by molar-refractivity contribution is 5.81. The average molecular weight is 220 g/mol. The number of hydrogen-bond donors (Lipinski definition) is 1. The first-order chi connectivity index (χ1) is 7.79. The summed E-state index contributed by atoms with van der Waals surface area (Å²) < 4.78 is 5.07. The van der Waals surface area contributed by atoms with Gasteiger partial charge >= 0.3 is 0 Å². The van der Waals surface area contributed by atoms with E-state index in [1.54, 1.807) is 13.3 Å². The molecule has 0 aromatic carbocycles. The molecule has 1 aromatic heterocycles. The number of ether oxygens (including phenoxy) is 1. The van der Waals surface area contributed by atoms with E-state index in [0.717, 1.165) is 31.2 Å². The molecule has 0 bridgehead atoms. The Morgan fingerprint density at radius 3 is 3.12 bits per heavy atom. The number of rotatable bonds is 3. The summed E-state index contributed by atoms with van der Waals surface area (Å²) in [4.78, 5) is 10.5. The van der Waals surface area contributed by atoms with Gasteiger partial charge in [-0.05, 0) is 11.6 Å². The fraction of sp³-hybridized carbons (Fsp3) is 0.455. The Morgan fingerprint density at radius 2 is 2.44 bits per heavy atom. The highest BCUT2D eigenvalue weighted by atomic mass is 16.5. The third-order valence-corrected chi connectivity index (χ3v) is 2.52. The molecule has 16 heavy (non-hydrogen) atoms. The van der Waals surface area contributed by atoms with E-state index in [0.29, 0.717) is 5.88 Å². The van der Waals surface area contributed by atoms with Crippen LogP contribution in [-0.4, -0.2) is 43.1 Å². The summed E-state index contributed by atoms with van der Waals surface area (Å²) in [6, 6.07) is 3.88. The van der Waals surface area contributed by atoms with Crippen molar-refractivity contribution in [1.82, 2.24) is 15.2 Å². The Balaban J connectivity index is 1.94. The molecule has 0 aliphatic carbocycles. The van der Waals surface area contributed by atoms with Gasteiger partial charge in [-0.3, -0.25) is 4.99 Å². The summed E-state index contributed by atoms with van der Waals surface area (Å²) >= 11 is 0. The first-order valence-electron chi connectivity index (χ1n) is 5.28. The molecule has 0 saturated carbocycles. The van der Waals surface area contributed by atoms with Gasteiger partial charge in [0, 0.05) is 32.4 Å². The number of methoxy groups -OCH3 is 1. The minimum atomic E-state index is 0.640. The highest BCUT2D eigenvalue weighted by Gasteiger charge is 2.11. The van der Waals surface area contributed by atoms with Crippen LogP contribution in [0.25, 0.3) is 0 Å². The second-order valence-electron chi connectivity index (χ2n) is 3.69. The van der Waals surface area contributed by atoms with E-state index in [1.807, 2.05) is 19.2 Å². The van der Waals surface area contributed by atoms with Gasteiger partial charge in [0.25, 0.3) is 0 Å². The summed E-state index contributed by atoms with van der Waals surface area (Å²) in [6.45, 7) is 2.60. The van der Waals surface area contributed by atoms with Crippen molar-refractivity contribution in [2.75, 3.05) is 27.2 Å². The third-order valence-electron chi connectivity index (χ3n) is 2.52. The fourth-order valence-electron chi connectivity index (χ4n) is 1.58. The van der Waals surface area contributed by atoms with E-state index < -0.39 is 0 Å². The number of likely N-dealkylation sites (N-methyl/N-ethyl adjacent to an activating group) is 1. The van der Waals surface area contributed by atoms with Gasteiger partial charge in [0.2, 0.25) is 5.88 Å². The molecule has 0 saturated heterocycles. The van der Waals surface area contributed by atoms with Crippen molar-refractivity contribution in [2.45, 2.75) is 6.54 Å². The second kappa shape index (κ2) is 4.83. The first kappa shape index (κ1) is 10.7. The predicted octanol–water partition coefficient (Wildman–Crippen LogP) is 0.481. The Kier molecular flexibility index (Phi) is 3.24. The molecule has 1 aromatic rings. The van der Waals surface area contributed by atoms with E-state index in [9.17, 15) is 0 Å². The van der Waals surface area contributed by atoms with Crippen molar-refractivity contribution < 1.29 is 4.74 Å². The van der Waals surface area contributed by atoms with Crippen LogP contribution in [-0.2, 0) is 6.54 Å². The minimum Gasteiger partial charge on any atom is -0.481 e. The van der Waals surface area contributed by atoms with Gasteiger partial charge in [-0.2, -0.15) is 0 Å². The van der Waals surface area contributed by atoms with Crippen LogP contribution in [0.4, 0.5) is 0 Å². The SMILES string of the molecule is COc1cc(CNC2=NCCN2C)ccn1. The van der Waals surface area contributed by atoms with Crippen molar-refractivity contribution in [2.24, 2.45) is 4.99 Å². The lowest BCUT2D eigenvalue weighted by molar-refractivity contribution is 0.397. The normalized spacial score (nSPS) is 14.9. The van der Waals surface area contributed by atoms with Crippen molar-refractivity contribution in [3.63, 3.8) is 0 Å². The maximum absolute atomic E-state index is 5.07. The van der Waals surface area contributed by atoms with Crippen LogP contribution in [0.5, 0.6) is 5.88 Å². The zero-order valence-electron chi connectivity index (χ0n) is 9.60. The highest BCUT2D eigenvalue weighted by Crippen LogP contribution is 2.08. The molecule has 86 valence electrons. The average Bonchev–Trinajstić information content (AvgIpc) is 2.72. The molecule has 0 atom stereocenters. The summed E-state index contributed by atoms with van der Waals surface area (Å²) in [7, 11) is 3.65. The summed E-state index contributed by atoms with van der Waals surface area (Å²) in [5.74, 6) is 1.59. The van der Waals surface area contributed by atoms with E-state index in [1.165, 1.54) is 0 Å². The first-order valence-corrected chi connectivity index (χ1v) is 5.28. The number of nitrogens with zero attached hydrogens (tertiary/aromatic N) is 3. The van der Waals surface area contributed by atoms with Crippen LogP contribution >= 0.6 is 0 Å². The molecule has 5 heteroatoms. The largest absolute Gasteiger partial charge is 0.481 e. The van der Waals surface area contributed by atoms with Gasteiger partial charge in [0.15, 0.2) is 5.96 Å². The van der Waals surface area contributed by atoms with Crippen molar-refractivity contribution >= 4 is 5.96 Å². The van der Waals surface area contributed by atoms with Gasteiger partial charge < -0.3 is 15.0 Å². The van der Waals surface area contributed by atoms with Crippen LogP contribution in [0, 0.1) is 0 Å². The molecule has 5 nitrogen and oxygen atoms in total. The van der Waals surface area contributed by atoms with E-state index in [4.69, 9.17) is 4.74 Å². The molecule has 0 unspecified atom stereocenters. The molecule has 1 aliphatic rings. The van der Waals surface area contributed by atoms with Crippen LogP contribution in [0.1, 0.15) is 5.56 Å². The summed E-state index contributed by atoms with van der Waals surface area (Å²) in [5.41, 5.74) is 1.13. The quantitative estimate of drug-likeness (QED) is 0.805. The summed E-state index contributed by atoms with van der Waals surface area (Å²) in [5, 5.41) is 3.29. The standard InChI is InChI=1S/C11H16N4O/c1-15-6-5-13-11(15)14-8-9-3-4-12-10(7-9)16-2/h3-4,7H,5-6,8H2,1-2H3,(H,13,14). The maximum atomic E-state index is 5.07. The molecular weight excluding hydrogens is 204 g/mol. The van der Waals surface area contributed by atoms with E-state index in [2.05, 4.69) is 20.2 Å². The molecule has 0 amide bonds. The van der Waals surface area contributed by atoms with E-state index in [-0.39, 0.29) is 0 Å². The number of hydrogen-bond acceptors (Lipinski definition) is 5. The third kappa shape index (κ3) is 2.42. The number of pyridine rings is 1. The number of nitrogens with one attached hydrogen (secondary N) is 1. The fourth-order valence-corrected chi connectivity index (χ4v) is 1.58. The molecule has 0 fully saturated rings. The second-order valence-corrected chi connectivity index (χ2v) is 3.69. The molecular formula is C11H16N4O. The van der Waals surface area contributed by atoms with Gasteiger partial charge in [-0.1, -0.05) is 0 Å². The van der Waals surface area contributed by atoms with Crippen LogP contribution in [0.3, 0.4) is 0 Å². The Morgan fingerprint density at radius 1 is 1.56 bits per heavy atom. The Labute approximate surface area is 95.2 Å². The molecule has 1 aliphatic heterocycles. The maximum Gasteiger partial charge on any atom is 0.213 e. The zero-order chi connectivity index (χ0) is 11.4. The van der Waals surface area contributed by atoms with Crippen molar-refractivity contribution in [3.8, 4) is 5.88 Å². The predicted molar refractivity (Wildman–Crippen MR) is 62.6 cm³/mol. The topological polar surface area (TPSA) is 49.8 Å². The molecule has 0 spiro atoms. The number of aromatic nitrogens is 1. The van der Waals surface area contributed by atoms with Gasteiger partial charge in [0.05, 0.1) is 13.7 Å². The minimum absolute atomic E-state index is 0.640. The number of guanidine groups is 1. The van der Waals surface area contributed by atoms with Gasteiger partial charge in [-0.25, -0.2) is 4.98 Å². The molecule has 2 heterocycles. The zero-order valence-corrected chi connectivity index (χ0v) is 9.60. The van der Waals surface area contributed by atoms with E-state index >= 15 is 0 Å². The van der Waals surface area contributed by atoms with Crippen molar-refractivity contribution in [3.05, 3.63) is 23.9 Å². The number of aliphatic imine (C=N–C) groups is 1. The lowest BCUT2D eigenvalue weighted by atomic mass is 10.2. The molecule has 2 rings (SSSR count). The molecule has 0 radical (unpaired) electrons. The monoisotopic (exact) mass is 220 g/mol. The Hall–Kier alpha value is -1.78. The molecule has 1 N–H and O–H groups in total. The van der Waals surface area contributed by atoms with Crippen LogP contribution in [0.15, 0.2) is 23.3 Å². The lowest BCUT2D eigenvalue weighted by Gasteiger charge is -2.15. The van der Waals surface area contributed by atoms with Crippen LogP contribution in [0.2, 0.25) is 0 Å².